The van der Waals surface area contributed by atoms with Crippen LogP contribution in [0.25, 0.3) is 0 Å². The first kappa shape index (κ1) is 21.1. The monoisotopic (exact) mass is 367 g/mol. The number of nitrogens with two attached hydrogens (primary N) is 1. The third-order valence-corrected chi connectivity index (χ3v) is 3.60. The second kappa shape index (κ2) is 10.1. The van der Waals surface area contributed by atoms with Gasteiger partial charge < -0.3 is 21.1 Å². The van der Waals surface area contributed by atoms with Crippen LogP contribution in [0.2, 0.25) is 0 Å². The number of nitrogens with one attached hydrogen (secondary N) is 2. The molecule has 0 radical (unpaired) electrons. The number of esters is 1. The predicted octanol–water partition coefficient (Wildman–Crippen LogP) is -0.204. The lowest BCUT2D eigenvalue weighted by Gasteiger charge is -2.21. The van der Waals surface area contributed by atoms with Crippen LogP contribution < -0.4 is 16.4 Å². The summed E-state index contributed by atoms with van der Waals surface area (Å²) in [6.07, 6.45) is -0.288. The molecule has 1 aromatic carbocycles. The van der Waals surface area contributed by atoms with Crippen LogP contribution in [-0.2, 0) is 30.3 Å². The SMILES string of the molecule is COC(=O)CC[C@H](NC(=O)[C@@H](Cc1ccccc1F)NC(C)=O)C(N)=O. The molecule has 4 N–H and O–H groups in total. The summed E-state index contributed by atoms with van der Waals surface area (Å²) in [5.74, 6) is -3.12. The number of hydrogen-bond acceptors (Lipinski definition) is 5. The summed E-state index contributed by atoms with van der Waals surface area (Å²) in [6.45, 7) is 1.21. The van der Waals surface area contributed by atoms with E-state index in [-0.39, 0.29) is 24.8 Å². The third kappa shape index (κ3) is 6.88. The predicted molar refractivity (Wildman–Crippen MR) is 90.1 cm³/mol. The Morgan fingerprint density at radius 1 is 1.15 bits per heavy atom. The fraction of sp³-hybridized carbons (Fsp3) is 0.412. The molecule has 0 heterocycles. The van der Waals surface area contributed by atoms with E-state index in [0.29, 0.717) is 0 Å². The number of primary amides is 1. The van der Waals surface area contributed by atoms with E-state index < -0.39 is 41.6 Å². The number of carbonyl (C=O) groups excluding carboxylic acids is 4. The van der Waals surface area contributed by atoms with Crippen molar-refractivity contribution in [2.24, 2.45) is 5.73 Å². The van der Waals surface area contributed by atoms with Crippen LogP contribution in [0.15, 0.2) is 24.3 Å². The van der Waals surface area contributed by atoms with E-state index in [1.165, 1.54) is 32.2 Å². The van der Waals surface area contributed by atoms with Gasteiger partial charge in [-0.1, -0.05) is 18.2 Å². The number of rotatable bonds is 9. The van der Waals surface area contributed by atoms with E-state index in [0.717, 1.165) is 0 Å². The molecule has 0 aromatic heterocycles. The molecular formula is C17H22FN3O5. The number of hydrogen-bond donors (Lipinski definition) is 3. The molecule has 0 aliphatic heterocycles. The van der Waals surface area contributed by atoms with Crippen LogP contribution in [-0.4, -0.2) is 42.9 Å². The summed E-state index contributed by atoms with van der Waals surface area (Å²) in [5, 5.41) is 4.80. The highest BCUT2D eigenvalue weighted by molar-refractivity contribution is 5.91. The number of carbonyl (C=O) groups is 4. The van der Waals surface area contributed by atoms with Crippen molar-refractivity contribution in [1.29, 1.82) is 0 Å². The highest BCUT2D eigenvalue weighted by Crippen LogP contribution is 2.10. The first-order valence-corrected chi connectivity index (χ1v) is 7.91. The Kier molecular flexibility index (Phi) is 8.20. The summed E-state index contributed by atoms with van der Waals surface area (Å²) in [7, 11) is 1.20. The van der Waals surface area contributed by atoms with Crippen LogP contribution >= 0.6 is 0 Å². The molecule has 9 heteroatoms. The van der Waals surface area contributed by atoms with E-state index in [1.807, 2.05) is 0 Å². The van der Waals surface area contributed by atoms with E-state index in [1.54, 1.807) is 6.07 Å². The Labute approximate surface area is 150 Å². The quantitative estimate of drug-likeness (QED) is 0.521. The van der Waals surface area contributed by atoms with Gasteiger partial charge in [-0.25, -0.2) is 4.39 Å². The summed E-state index contributed by atoms with van der Waals surface area (Å²) >= 11 is 0. The molecule has 0 fully saturated rings. The Balaban J connectivity index is 2.86. The van der Waals surface area contributed by atoms with Gasteiger partial charge in [-0.2, -0.15) is 0 Å². The van der Waals surface area contributed by atoms with Gasteiger partial charge in [0.15, 0.2) is 0 Å². The van der Waals surface area contributed by atoms with E-state index in [9.17, 15) is 23.6 Å². The minimum absolute atomic E-state index is 0.0553. The Hall–Kier alpha value is -2.97. The lowest BCUT2D eigenvalue weighted by atomic mass is 10.0. The fourth-order valence-electron chi connectivity index (χ4n) is 2.26. The van der Waals surface area contributed by atoms with Crippen LogP contribution in [0.4, 0.5) is 4.39 Å². The molecule has 1 aromatic rings. The maximum Gasteiger partial charge on any atom is 0.305 e. The largest absolute Gasteiger partial charge is 0.469 e. The van der Waals surface area contributed by atoms with E-state index in [4.69, 9.17) is 5.73 Å². The molecule has 0 aliphatic rings. The fourth-order valence-corrected chi connectivity index (χ4v) is 2.26. The van der Waals surface area contributed by atoms with Crippen LogP contribution in [0.1, 0.15) is 25.3 Å². The lowest BCUT2D eigenvalue weighted by Crippen LogP contribution is -2.53. The van der Waals surface area contributed by atoms with Crippen LogP contribution in [0.5, 0.6) is 0 Å². The summed E-state index contributed by atoms with van der Waals surface area (Å²) in [6, 6.07) is 3.59. The normalized spacial score (nSPS) is 12.6. The van der Waals surface area contributed by atoms with Gasteiger partial charge in [0.1, 0.15) is 17.9 Å². The first-order chi connectivity index (χ1) is 12.2. The maximum atomic E-state index is 13.8. The molecule has 0 unspecified atom stereocenters. The van der Waals surface area contributed by atoms with Crippen molar-refractivity contribution in [1.82, 2.24) is 10.6 Å². The standard InChI is InChI=1S/C17H22FN3O5/c1-10(22)20-14(9-11-5-3-4-6-12(11)18)17(25)21-13(16(19)24)7-8-15(23)26-2/h3-6,13-14H,7-9H2,1-2H3,(H2,19,24)(H,20,22)(H,21,25)/t13-,14+/m0/s1. The van der Waals surface area contributed by atoms with Gasteiger partial charge in [0.05, 0.1) is 7.11 Å². The zero-order chi connectivity index (χ0) is 19.7. The van der Waals surface area contributed by atoms with Crippen molar-refractivity contribution < 1.29 is 28.3 Å². The first-order valence-electron chi connectivity index (χ1n) is 7.91. The van der Waals surface area contributed by atoms with Crippen molar-refractivity contribution >= 4 is 23.7 Å². The second-order valence-corrected chi connectivity index (χ2v) is 5.63. The molecule has 3 amide bonds. The maximum absolute atomic E-state index is 13.8. The molecule has 0 spiro atoms. The molecule has 26 heavy (non-hydrogen) atoms. The summed E-state index contributed by atoms with van der Waals surface area (Å²) in [4.78, 5) is 46.5. The van der Waals surface area contributed by atoms with E-state index in [2.05, 4.69) is 15.4 Å². The minimum atomic E-state index is -1.13. The molecule has 8 nitrogen and oxygen atoms in total. The highest BCUT2D eigenvalue weighted by atomic mass is 19.1. The zero-order valence-electron chi connectivity index (χ0n) is 14.6. The van der Waals surface area contributed by atoms with Crippen LogP contribution in [0, 0.1) is 5.82 Å². The molecular weight excluding hydrogens is 345 g/mol. The lowest BCUT2D eigenvalue weighted by molar-refractivity contribution is -0.141. The topological polar surface area (TPSA) is 128 Å². The van der Waals surface area contributed by atoms with E-state index >= 15 is 0 Å². The molecule has 1 rings (SSSR count). The Morgan fingerprint density at radius 3 is 2.35 bits per heavy atom. The highest BCUT2D eigenvalue weighted by Gasteiger charge is 2.26. The average Bonchev–Trinajstić information content (AvgIpc) is 2.58. The smallest absolute Gasteiger partial charge is 0.305 e. The van der Waals surface area contributed by atoms with Gasteiger partial charge in [-0.05, 0) is 18.1 Å². The number of ether oxygens (including phenoxy) is 1. The number of methoxy groups -OCH3 is 1. The zero-order valence-corrected chi connectivity index (χ0v) is 14.6. The van der Waals surface area contributed by atoms with Crippen molar-refractivity contribution in [3.05, 3.63) is 35.6 Å². The Bertz CT molecular complexity index is 680. The van der Waals surface area contributed by atoms with Gasteiger partial charge in [0, 0.05) is 19.8 Å². The van der Waals surface area contributed by atoms with Crippen molar-refractivity contribution in [2.75, 3.05) is 7.11 Å². The van der Waals surface area contributed by atoms with Gasteiger partial charge in [0.25, 0.3) is 0 Å². The molecule has 142 valence electrons. The van der Waals surface area contributed by atoms with Crippen molar-refractivity contribution in [2.45, 2.75) is 38.3 Å². The van der Waals surface area contributed by atoms with Gasteiger partial charge >= 0.3 is 5.97 Å². The molecule has 2 atom stereocenters. The number of halogens is 1. The average molecular weight is 367 g/mol. The van der Waals surface area contributed by atoms with Crippen molar-refractivity contribution in [3.8, 4) is 0 Å². The van der Waals surface area contributed by atoms with Crippen molar-refractivity contribution in [3.63, 3.8) is 0 Å². The molecule has 0 aliphatic carbocycles. The van der Waals surface area contributed by atoms with Gasteiger partial charge in [-0.15, -0.1) is 0 Å². The molecule has 0 bridgehead atoms. The number of amides is 3. The summed E-state index contributed by atoms with van der Waals surface area (Å²) in [5.41, 5.74) is 5.47. The molecule has 0 saturated carbocycles. The van der Waals surface area contributed by atoms with Gasteiger partial charge in [0.2, 0.25) is 17.7 Å². The van der Waals surface area contributed by atoms with Gasteiger partial charge in [-0.3, -0.25) is 19.2 Å². The molecule has 0 saturated heterocycles. The number of benzene rings is 1. The second-order valence-electron chi connectivity index (χ2n) is 5.63. The summed E-state index contributed by atoms with van der Waals surface area (Å²) < 4.78 is 18.3. The Morgan fingerprint density at radius 2 is 1.81 bits per heavy atom. The third-order valence-electron chi connectivity index (χ3n) is 3.60. The van der Waals surface area contributed by atoms with Crippen LogP contribution in [0.3, 0.4) is 0 Å². The minimum Gasteiger partial charge on any atom is -0.469 e.